The molecule has 0 aliphatic carbocycles. The average Bonchev–Trinajstić information content (AvgIpc) is 3.27. The van der Waals surface area contributed by atoms with Crippen molar-refractivity contribution in [1.82, 2.24) is 25.9 Å². The van der Waals surface area contributed by atoms with Crippen LogP contribution in [0, 0.1) is 0 Å². The number of anilines is 1. The summed E-state index contributed by atoms with van der Waals surface area (Å²) in [4.78, 5) is 16.5. The van der Waals surface area contributed by atoms with Crippen molar-refractivity contribution in [2.45, 2.75) is 31.8 Å². The van der Waals surface area contributed by atoms with Gasteiger partial charge >= 0.3 is 0 Å². The maximum absolute atomic E-state index is 12.0. The molecular weight excluding hydrogens is 426 g/mol. The van der Waals surface area contributed by atoms with Gasteiger partial charge in [-0.3, -0.25) is 20.3 Å². The summed E-state index contributed by atoms with van der Waals surface area (Å²) in [6, 6.07) is 5.96. The third kappa shape index (κ3) is 5.35. The van der Waals surface area contributed by atoms with Crippen LogP contribution >= 0.6 is 0 Å². The second-order valence-electron chi connectivity index (χ2n) is 7.89. The number of aliphatic imine (C=N–C) groups is 1. The number of nitrogens with two attached hydrogens (primary N) is 2. The van der Waals surface area contributed by atoms with E-state index in [1.165, 1.54) is 0 Å². The lowest BCUT2D eigenvalue weighted by atomic mass is 10.1. The van der Waals surface area contributed by atoms with Crippen LogP contribution in [-0.4, -0.2) is 60.7 Å². The first-order chi connectivity index (χ1) is 16.1. The zero-order valence-corrected chi connectivity index (χ0v) is 18.6. The summed E-state index contributed by atoms with van der Waals surface area (Å²) in [6.45, 7) is 4.84. The van der Waals surface area contributed by atoms with E-state index in [0.29, 0.717) is 31.8 Å². The predicted octanol–water partition coefficient (Wildman–Crippen LogP) is -0.129. The number of hydrogen-bond acceptors (Lipinski definition) is 10. The minimum atomic E-state index is -0.647. The molecule has 1 aromatic carbocycles. The predicted molar refractivity (Wildman–Crippen MR) is 125 cm³/mol. The zero-order valence-electron chi connectivity index (χ0n) is 18.6. The lowest BCUT2D eigenvalue weighted by Gasteiger charge is -2.24. The largest absolute Gasteiger partial charge is 0.381 e. The topological polar surface area (TPSA) is 166 Å². The van der Waals surface area contributed by atoms with Crippen LogP contribution in [0.2, 0.25) is 0 Å². The van der Waals surface area contributed by atoms with Crippen molar-refractivity contribution in [3.8, 4) is 0 Å². The van der Waals surface area contributed by atoms with Crippen LogP contribution < -0.4 is 33.0 Å². The van der Waals surface area contributed by atoms with Crippen molar-refractivity contribution in [3.05, 3.63) is 35.9 Å². The Morgan fingerprint density at radius 2 is 2.18 bits per heavy atom. The van der Waals surface area contributed by atoms with Gasteiger partial charge in [0.25, 0.3) is 5.91 Å². The number of nitrogens with zero attached hydrogens (tertiary/aromatic N) is 3. The number of ether oxygens (including phenoxy) is 2. The number of hydrogen-bond donors (Lipinski definition) is 6. The summed E-state index contributed by atoms with van der Waals surface area (Å²) in [5.74, 6) is 0.0406. The lowest BCUT2D eigenvalue weighted by Crippen LogP contribution is -2.53. The number of rotatable bonds is 9. The molecule has 1 fully saturated rings. The third-order valence-electron chi connectivity index (χ3n) is 5.51. The number of benzene rings is 1. The van der Waals surface area contributed by atoms with Crippen molar-refractivity contribution >= 4 is 28.5 Å². The van der Waals surface area contributed by atoms with Crippen LogP contribution in [0.3, 0.4) is 0 Å². The van der Waals surface area contributed by atoms with E-state index < -0.39 is 5.91 Å². The van der Waals surface area contributed by atoms with Gasteiger partial charge in [0.1, 0.15) is 0 Å². The van der Waals surface area contributed by atoms with Gasteiger partial charge in [-0.25, -0.2) is 0 Å². The minimum absolute atomic E-state index is 0.119. The SMILES string of the molecule is CCOC[C@H](N)CNC1=NC(Nc2cccc3c2cnn3C2CCOCC2)=C(C(N)=O)NN1. The van der Waals surface area contributed by atoms with Crippen LogP contribution in [-0.2, 0) is 14.3 Å². The number of carbonyl (C=O) groups is 1. The number of guanidine groups is 1. The monoisotopic (exact) mass is 457 g/mol. The summed E-state index contributed by atoms with van der Waals surface area (Å²) in [7, 11) is 0. The quantitative estimate of drug-likeness (QED) is 0.301. The molecule has 0 radical (unpaired) electrons. The van der Waals surface area contributed by atoms with Crippen molar-refractivity contribution in [2.75, 3.05) is 38.3 Å². The number of nitrogens with one attached hydrogen (secondary N) is 4. The highest BCUT2D eigenvalue weighted by molar-refractivity contribution is 5.97. The van der Waals surface area contributed by atoms with E-state index in [0.717, 1.165) is 42.6 Å². The molecule has 178 valence electrons. The van der Waals surface area contributed by atoms with E-state index in [9.17, 15) is 4.79 Å². The standard InChI is InChI=1S/C21H31N9O3/c1-2-32-12-13(22)10-24-21-27-20(18(19(23)31)28-29-21)26-16-4-3-5-17-15(16)11-25-30(17)14-6-8-33-9-7-14/h3-5,11,13-14,26,28H,2,6-10,12,22H2,1H3,(H2,23,31)(H2,24,27,29)/t13-/m1/s1. The Morgan fingerprint density at radius 3 is 2.94 bits per heavy atom. The maximum Gasteiger partial charge on any atom is 0.270 e. The number of hydrazine groups is 1. The fourth-order valence-corrected chi connectivity index (χ4v) is 3.81. The van der Waals surface area contributed by atoms with Gasteiger partial charge in [0.15, 0.2) is 11.5 Å². The van der Waals surface area contributed by atoms with Gasteiger partial charge in [-0.05, 0) is 31.9 Å². The fourth-order valence-electron chi connectivity index (χ4n) is 3.81. The lowest BCUT2D eigenvalue weighted by molar-refractivity contribution is -0.115. The van der Waals surface area contributed by atoms with Gasteiger partial charge in [0, 0.05) is 37.8 Å². The smallest absolute Gasteiger partial charge is 0.270 e. The Kier molecular flexibility index (Phi) is 7.27. The molecule has 2 aromatic rings. The van der Waals surface area contributed by atoms with Gasteiger partial charge in [-0.15, -0.1) is 0 Å². The average molecular weight is 458 g/mol. The molecule has 0 bridgehead atoms. The van der Waals surface area contributed by atoms with Crippen LogP contribution in [0.4, 0.5) is 5.69 Å². The van der Waals surface area contributed by atoms with Crippen LogP contribution in [0.5, 0.6) is 0 Å². The van der Waals surface area contributed by atoms with Crippen molar-refractivity contribution in [1.29, 1.82) is 0 Å². The molecule has 33 heavy (non-hydrogen) atoms. The van der Waals surface area contributed by atoms with E-state index >= 15 is 0 Å². The molecule has 3 heterocycles. The number of carbonyl (C=O) groups excluding carboxylic acids is 1. The molecular formula is C21H31N9O3. The highest BCUT2D eigenvalue weighted by atomic mass is 16.5. The van der Waals surface area contributed by atoms with Crippen molar-refractivity contribution in [2.24, 2.45) is 16.5 Å². The number of amides is 1. The third-order valence-corrected chi connectivity index (χ3v) is 5.51. The van der Waals surface area contributed by atoms with Gasteiger partial charge in [-0.1, -0.05) is 6.07 Å². The Labute approximate surface area is 191 Å². The molecule has 12 heteroatoms. The Bertz CT molecular complexity index is 1040. The van der Waals surface area contributed by atoms with E-state index in [4.69, 9.17) is 20.9 Å². The molecule has 1 amide bonds. The summed E-state index contributed by atoms with van der Waals surface area (Å²) < 4.78 is 12.9. The second kappa shape index (κ2) is 10.5. The van der Waals surface area contributed by atoms with Crippen LogP contribution in [0.25, 0.3) is 10.9 Å². The van der Waals surface area contributed by atoms with E-state index in [-0.39, 0.29) is 17.6 Å². The summed E-state index contributed by atoms with van der Waals surface area (Å²) in [5.41, 5.74) is 19.1. The van der Waals surface area contributed by atoms with Crippen LogP contribution in [0.15, 0.2) is 40.9 Å². The van der Waals surface area contributed by atoms with Gasteiger partial charge in [-0.2, -0.15) is 10.1 Å². The number of fused-ring (bicyclic) bond motifs is 1. The Balaban J connectivity index is 1.55. The molecule has 2 aliphatic heterocycles. The molecule has 8 N–H and O–H groups in total. The molecule has 0 unspecified atom stereocenters. The molecule has 1 aromatic heterocycles. The molecule has 12 nitrogen and oxygen atoms in total. The normalized spacial score (nSPS) is 17.8. The molecule has 0 spiro atoms. The fraction of sp³-hybridized carbons (Fsp3) is 0.476. The van der Waals surface area contributed by atoms with Gasteiger partial charge in [0.05, 0.1) is 30.0 Å². The highest BCUT2D eigenvalue weighted by Gasteiger charge is 2.22. The Morgan fingerprint density at radius 1 is 1.36 bits per heavy atom. The molecule has 4 rings (SSSR count). The molecule has 0 saturated carbocycles. The first-order valence-electron chi connectivity index (χ1n) is 11.1. The van der Waals surface area contributed by atoms with Gasteiger partial charge < -0.3 is 31.6 Å². The maximum atomic E-state index is 12.0. The first kappa shape index (κ1) is 22.8. The number of primary amides is 1. The van der Waals surface area contributed by atoms with Crippen molar-refractivity contribution in [3.63, 3.8) is 0 Å². The molecule has 1 saturated heterocycles. The van der Waals surface area contributed by atoms with Crippen LogP contribution in [0.1, 0.15) is 25.8 Å². The van der Waals surface area contributed by atoms with E-state index in [1.54, 1.807) is 0 Å². The zero-order chi connectivity index (χ0) is 23.2. The summed E-state index contributed by atoms with van der Waals surface area (Å²) >= 11 is 0. The minimum Gasteiger partial charge on any atom is -0.381 e. The molecule has 1 atom stereocenters. The first-order valence-corrected chi connectivity index (χ1v) is 11.1. The number of aromatic nitrogens is 2. The molecule has 2 aliphatic rings. The van der Waals surface area contributed by atoms with E-state index in [2.05, 4.69) is 31.6 Å². The van der Waals surface area contributed by atoms with Crippen molar-refractivity contribution < 1.29 is 14.3 Å². The highest BCUT2D eigenvalue weighted by Crippen LogP contribution is 2.30. The summed E-state index contributed by atoms with van der Waals surface area (Å²) in [6.07, 6.45) is 3.67. The van der Waals surface area contributed by atoms with Gasteiger partial charge in [0.2, 0.25) is 5.96 Å². The second-order valence-corrected chi connectivity index (χ2v) is 7.89. The van der Waals surface area contributed by atoms with E-state index in [1.807, 2.05) is 36.0 Å². The summed E-state index contributed by atoms with van der Waals surface area (Å²) in [5, 5.41) is 11.9. The Hall–Kier alpha value is -3.35.